The van der Waals surface area contributed by atoms with Crippen LogP contribution < -0.4 is 15.0 Å². The molecule has 0 radical (unpaired) electrons. The molecule has 1 aliphatic rings. The number of ether oxygens (including phenoxy) is 3. The maximum atomic E-state index is 13.0. The van der Waals surface area contributed by atoms with Gasteiger partial charge in [-0.05, 0) is 39.0 Å². The van der Waals surface area contributed by atoms with E-state index < -0.39 is 18.1 Å². The molecule has 35 heavy (non-hydrogen) atoms. The third kappa shape index (κ3) is 3.76. The van der Waals surface area contributed by atoms with Crippen molar-refractivity contribution in [3.05, 3.63) is 69.2 Å². The zero-order valence-corrected chi connectivity index (χ0v) is 19.7. The van der Waals surface area contributed by atoms with Gasteiger partial charge in [0.15, 0.2) is 18.1 Å². The minimum Gasteiger partial charge on any atom is -0.486 e. The van der Waals surface area contributed by atoms with Crippen LogP contribution in [0.15, 0.2) is 39.8 Å². The number of carbonyl (C=O) groups excluding carboxylic acids is 2. The number of rotatable bonds is 5. The van der Waals surface area contributed by atoms with E-state index in [0.717, 1.165) is 11.4 Å². The number of ketones is 1. The molecule has 10 nitrogen and oxygen atoms in total. The van der Waals surface area contributed by atoms with Crippen molar-refractivity contribution in [2.24, 2.45) is 7.05 Å². The summed E-state index contributed by atoms with van der Waals surface area (Å²) in [7, 11) is 1.52. The van der Waals surface area contributed by atoms with Gasteiger partial charge in [0.1, 0.15) is 36.3 Å². The monoisotopic (exact) mass is 477 g/mol. The van der Waals surface area contributed by atoms with Crippen LogP contribution in [0.3, 0.4) is 0 Å². The van der Waals surface area contributed by atoms with Gasteiger partial charge in [0.05, 0.1) is 0 Å². The number of hydrogen-bond donors (Lipinski definition) is 0. The Hall–Kier alpha value is -4.34. The third-order valence-corrected chi connectivity index (χ3v) is 6.00. The first-order valence-corrected chi connectivity index (χ1v) is 11.0. The minimum atomic E-state index is -0.819. The predicted octanol–water partition coefficient (Wildman–Crippen LogP) is 3.05. The standard InChI is InChI=1S/C25H23N3O7/c1-13-9-17(14(2)28(13)16-5-6-19-20(10-16)33-8-7-32-19)18(29)11-34-25(31)21-15(3)35-23-22(21)24(30)27(4)12-26-23/h5-6,9-10,12H,7-8,11H2,1-4H3. The average Bonchev–Trinajstić information content (AvgIpc) is 3.34. The molecule has 180 valence electrons. The van der Waals surface area contributed by atoms with Crippen LogP contribution in [0, 0.1) is 20.8 Å². The van der Waals surface area contributed by atoms with Gasteiger partial charge in [0.25, 0.3) is 5.56 Å². The Morgan fingerprint density at radius 1 is 1.09 bits per heavy atom. The highest BCUT2D eigenvalue weighted by Gasteiger charge is 2.25. The van der Waals surface area contributed by atoms with Crippen LogP contribution in [-0.2, 0) is 11.8 Å². The molecule has 0 saturated heterocycles. The lowest BCUT2D eigenvalue weighted by Crippen LogP contribution is -2.20. The van der Waals surface area contributed by atoms with Gasteiger partial charge in [-0.2, -0.15) is 0 Å². The number of furan rings is 1. The second-order valence-corrected chi connectivity index (χ2v) is 8.32. The average molecular weight is 477 g/mol. The van der Waals surface area contributed by atoms with Crippen molar-refractivity contribution in [2.75, 3.05) is 19.8 Å². The Bertz CT molecular complexity index is 1560. The van der Waals surface area contributed by atoms with Gasteiger partial charge in [-0.15, -0.1) is 0 Å². The van der Waals surface area contributed by atoms with E-state index in [4.69, 9.17) is 18.6 Å². The van der Waals surface area contributed by atoms with Crippen molar-refractivity contribution in [3.63, 3.8) is 0 Å². The summed E-state index contributed by atoms with van der Waals surface area (Å²) in [6, 6.07) is 7.34. The van der Waals surface area contributed by atoms with E-state index in [-0.39, 0.29) is 28.2 Å². The topological polar surface area (TPSA) is 115 Å². The van der Waals surface area contributed by atoms with Crippen LogP contribution in [0.25, 0.3) is 16.8 Å². The Morgan fingerprint density at radius 3 is 2.60 bits per heavy atom. The first-order chi connectivity index (χ1) is 16.8. The van der Waals surface area contributed by atoms with Gasteiger partial charge in [-0.25, -0.2) is 9.78 Å². The largest absolute Gasteiger partial charge is 0.486 e. The molecule has 0 saturated carbocycles. The Morgan fingerprint density at radius 2 is 1.83 bits per heavy atom. The van der Waals surface area contributed by atoms with E-state index in [1.54, 1.807) is 13.0 Å². The molecular weight excluding hydrogens is 454 g/mol. The molecule has 0 atom stereocenters. The first kappa shape index (κ1) is 22.5. The fourth-order valence-electron chi connectivity index (χ4n) is 4.33. The Balaban J connectivity index is 1.39. The van der Waals surface area contributed by atoms with Crippen LogP contribution in [-0.4, -0.2) is 45.7 Å². The van der Waals surface area contributed by atoms with Gasteiger partial charge in [-0.3, -0.25) is 9.59 Å². The van der Waals surface area contributed by atoms with E-state index >= 15 is 0 Å². The maximum Gasteiger partial charge on any atom is 0.343 e. The maximum absolute atomic E-state index is 13.0. The number of Topliss-reactive ketones (excluding diaryl/α,β-unsaturated/α-hetero) is 1. The smallest absolute Gasteiger partial charge is 0.343 e. The van der Waals surface area contributed by atoms with E-state index in [1.807, 2.05) is 36.6 Å². The van der Waals surface area contributed by atoms with Gasteiger partial charge in [0, 0.05) is 35.8 Å². The second kappa shape index (κ2) is 8.46. The minimum absolute atomic E-state index is 0.0248. The normalized spacial score (nSPS) is 12.7. The lowest BCUT2D eigenvalue weighted by Gasteiger charge is -2.20. The molecule has 5 rings (SSSR count). The summed E-state index contributed by atoms with van der Waals surface area (Å²) in [6.07, 6.45) is 1.31. The molecule has 0 N–H and O–H groups in total. The van der Waals surface area contributed by atoms with Gasteiger partial charge >= 0.3 is 5.97 Å². The van der Waals surface area contributed by atoms with E-state index in [2.05, 4.69) is 4.98 Å². The molecule has 1 aliphatic heterocycles. The number of carbonyl (C=O) groups is 2. The van der Waals surface area contributed by atoms with Crippen LogP contribution >= 0.6 is 0 Å². The van der Waals surface area contributed by atoms with Crippen molar-refractivity contribution < 1.29 is 28.2 Å². The van der Waals surface area contributed by atoms with E-state index in [0.29, 0.717) is 36.0 Å². The van der Waals surface area contributed by atoms with Crippen molar-refractivity contribution in [2.45, 2.75) is 20.8 Å². The molecule has 0 fully saturated rings. The fourth-order valence-corrected chi connectivity index (χ4v) is 4.33. The summed E-state index contributed by atoms with van der Waals surface area (Å²) in [5, 5.41) is 0.0294. The van der Waals surface area contributed by atoms with Crippen molar-refractivity contribution in [1.29, 1.82) is 0 Å². The Kier molecular flexibility index (Phi) is 5.43. The van der Waals surface area contributed by atoms with Crippen LogP contribution in [0.5, 0.6) is 11.5 Å². The SMILES string of the molecule is Cc1oc2ncn(C)c(=O)c2c1C(=O)OCC(=O)c1cc(C)n(-c2ccc3c(c2)OCCO3)c1C. The summed E-state index contributed by atoms with van der Waals surface area (Å²) < 4.78 is 25.2. The molecule has 0 aliphatic carbocycles. The quantitative estimate of drug-likeness (QED) is 0.318. The highest BCUT2D eigenvalue weighted by molar-refractivity contribution is 6.05. The second-order valence-electron chi connectivity index (χ2n) is 8.32. The highest BCUT2D eigenvalue weighted by atomic mass is 16.6. The number of fused-ring (bicyclic) bond motifs is 2. The molecular formula is C25H23N3O7. The molecule has 0 spiro atoms. The Labute approximate surface area is 199 Å². The molecule has 0 amide bonds. The van der Waals surface area contributed by atoms with E-state index in [9.17, 15) is 14.4 Å². The summed E-state index contributed by atoms with van der Waals surface area (Å²) in [5.41, 5.74) is 2.37. The van der Waals surface area contributed by atoms with Crippen LogP contribution in [0.4, 0.5) is 0 Å². The molecule has 1 aromatic carbocycles. The van der Waals surface area contributed by atoms with Gasteiger partial charge in [0.2, 0.25) is 11.5 Å². The third-order valence-electron chi connectivity index (χ3n) is 6.00. The first-order valence-electron chi connectivity index (χ1n) is 11.0. The number of hydrogen-bond acceptors (Lipinski definition) is 8. The molecule has 4 heterocycles. The van der Waals surface area contributed by atoms with Gasteiger partial charge in [-0.1, -0.05) is 0 Å². The molecule has 0 unspecified atom stereocenters. The number of nitrogens with zero attached hydrogens (tertiary/aromatic N) is 3. The summed E-state index contributed by atoms with van der Waals surface area (Å²) >= 11 is 0. The number of aryl methyl sites for hydroxylation is 3. The van der Waals surface area contributed by atoms with Crippen LogP contribution in [0.1, 0.15) is 37.9 Å². The van der Waals surface area contributed by atoms with Crippen molar-refractivity contribution >= 4 is 22.9 Å². The molecule has 10 heteroatoms. The number of esters is 1. The molecule has 3 aromatic heterocycles. The van der Waals surface area contributed by atoms with Crippen molar-refractivity contribution in [1.82, 2.24) is 14.1 Å². The molecule has 0 bridgehead atoms. The summed E-state index contributed by atoms with van der Waals surface area (Å²) in [5.74, 6) is 0.335. The van der Waals surface area contributed by atoms with Gasteiger partial charge < -0.3 is 27.8 Å². The lowest BCUT2D eigenvalue weighted by atomic mass is 10.1. The van der Waals surface area contributed by atoms with Crippen LogP contribution in [0.2, 0.25) is 0 Å². The summed E-state index contributed by atoms with van der Waals surface area (Å²) in [6.45, 7) is 5.74. The predicted molar refractivity (Wildman–Crippen MR) is 125 cm³/mol. The summed E-state index contributed by atoms with van der Waals surface area (Å²) in [4.78, 5) is 42.3. The zero-order valence-electron chi connectivity index (χ0n) is 19.7. The highest BCUT2D eigenvalue weighted by Crippen LogP contribution is 2.33. The molecule has 4 aromatic rings. The number of aromatic nitrogens is 3. The lowest BCUT2D eigenvalue weighted by molar-refractivity contribution is 0.0474. The number of benzene rings is 1. The van der Waals surface area contributed by atoms with E-state index in [1.165, 1.54) is 17.9 Å². The fraction of sp³-hybridized carbons (Fsp3) is 0.280. The zero-order chi connectivity index (χ0) is 24.9. The van der Waals surface area contributed by atoms with Crippen molar-refractivity contribution in [3.8, 4) is 17.2 Å².